The normalized spacial score (nSPS) is 14.4. The Balaban J connectivity index is 1.56. The maximum Gasteiger partial charge on any atom is 0.267 e. The van der Waals surface area contributed by atoms with Gasteiger partial charge in [0.05, 0.1) is 11.4 Å². The number of hydrogen-bond acceptors (Lipinski definition) is 5. The highest BCUT2D eigenvalue weighted by Gasteiger charge is 2.21. The van der Waals surface area contributed by atoms with Gasteiger partial charge in [-0.05, 0) is 62.9 Å². The Labute approximate surface area is 165 Å². The van der Waals surface area contributed by atoms with E-state index in [-0.39, 0.29) is 17.3 Å². The minimum Gasteiger partial charge on any atom is -0.300 e. The highest BCUT2D eigenvalue weighted by Crippen LogP contribution is 2.29. The van der Waals surface area contributed by atoms with Crippen molar-refractivity contribution in [3.05, 3.63) is 63.1 Å². The summed E-state index contributed by atoms with van der Waals surface area (Å²) >= 11 is 1.50. The molecular formula is C20H19FN4O2S. The number of carbonyl (C=O) groups excluding carboxylic acids is 1. The van der Waals surface area contributed by atoms with Gasteiger partial charge in [-0.3, -0.25) is 9.59 Å². The van der Waals surface area contributed by atoms with Crippen molar-refractivity contribution in [3.8, 4) is 11.3 Å². The van der Waals surface area contributed by atoms with Crippen molar-refractivity contribution in [1.29, 1.82) is 0 Å². The molecule has 0 aliphatic heterocycles. The van der Waals surface area contributed by atoms with Crippen LogP contribution in [0.2, 0.25) is 0 Å². The molecule has 1 amide bonds. The van der Waals surface area contributed by atoms with E-state index in [0.29, 0.717) is 16.4 Å². The molecule has 0 fully saturated rings. The van der Waals surface area contributed by atoms with Crippen LogP contribution in [0.25, 0.3) is 11.3 Å². The van der Waals surface area contributed by atoms with Crippen molar-refractivity contribution in [2.75, 3.05) is 5.32 Å². The van der Waals surface area contributed by atoms with Gasteiger partial charge >= 0.3 is 0 Å². The number of aromatic nitrogens is 3. The zero-order chi connectivity index (χ0) is 19.7. The number of rotatable bonds is 4. The van der Waals surface area contributed by atoms with E-state index in [0.717, 1.165) is 36.1 Å². The molecule has 1 aliphatic carbocycles. The second-order valence-electron chi connectivity index (χ2n) is 6.77. The van der Waals surface area contributed by atoms with Crippen LogP contribution in [0, 0.1) is 5.82 Å². The van der Waals surface area contributed by atoms with Gasteiger partial charge in [0.15, 0.2) is 5.13 Å². The summed E-state index contributed by atoms with van der Waals surface area (Å²) in [7, 11) is 0. The topological polar surface area (TPSA) is 76.9 Å². The van der Waals surface area contributed by atoms with E-state index in [4.69, 9.17) is 0 Å². The van der Waals surface area contributed by atoms with E-state index in [2.05, 4.69) is 15.4 Å². The predicted octanol–water partition coefficient (Wildman–Crippen LogP) is 3.58. The lowest BCUT2D eigenvalue weighted by Crippen LogP contribution is -2.33. The first kappa shape index (κ1) is 18.5. The number of hydrogen-bond donors (Lipinski definition) is 1. The van der Waals surface area contributed by atoms with Crippen LogP contribution in [-0.2, 0) is 17.6 Å². The number of nitrogens with one attached hydrogen (secondary N) is 1. The third kappa shape index (κ3) is 3.73. The molecule has 6 nitrogen and oxygen atoms in total. The summed E-state index contributed by atoms with van der Waals surface area (Å²) in [4.78, 5) is 30.7. The van der Waals surface area contributed by atoms with E-state index < -0.39 is 6.04 Å². The smallest absolute Gasteiger partial charge is 0.267 e. The van der Waals surface area contributed by atoms with Crippen LogP contribution in [0.1, 0.15) is 36.4 Å². The molecule has 0 unspecified atom stereocenters. The zero-order valence-electron chi connectivity index (χ0n) is 15.3. The van der Waals surface area contributed by atoms with Gasteiger partial charge in [0.1, 0.15) is 11.9 Å². The molecule has 0 spiro atoms. The molecule has 4 rings (SSSR count). The van der Waals surface area contributed by atoms with Crippen molar-refractivity contribution >= 4 is 22.4 Å². The summed E-state index contributed by atoms with van der Waals surface area (Å²) in [5.74, 6) is -0.701. The summed E-state index contributed by atoms with van der Waals surface area (Å²) in [5.41, 5.74) is 1.83. The maximum absolute atomic E-state index is 13.1. The van der Waals surface area contributed by atoms with Gasteiger partial charge in [0.2, 0.25) is 0 Å². The third-order valence-electron chi connectivity index (χ3n) is 4.79. The minimum atomic E-state index is -0.811. The molecular weight excluding hydrogens is 379 g/mol. The van der Waals surface area contributed by atoms with Crippen molar-refractivity contribution in [2.24, 2.45) is 0 Å². The molecule has 1 aliphatic rings. The Morgan fingerprint density at radius 3 is 2.68 bits per heavy atom. The van der Waals surface area contributed by atoms with Crippen LogP contribution >= 0.6 is 11.3 Å². The number of anilines is 1. The third-order valence-corrected chi connectivity index (χ3v) is 5.86. The molecule has 2 heterocycles. The van der Waals surface area contributed by atoms with Gasteiger partial charge in [-0.15, -0.1) is 11.3 Å². The number of aryl methyl sites for hydroxylation is 2. The first-order valence-corrected chi connectivity index (χ1v) is 9.98. The van der Waals surface area contributed by atoms with Crippen LogP contribution in [0.5, 0.6) is 0 Å². The van der Waals surface area contributed by atoms with E-state index in [1.54, 1.807) is 25.1 Å². The number of amides is 1. The monoisotopic (exact) mass is 398 g/mol. The number of carbonyl (C=O) groups is 1. The number of halogens is 1. The van der Waals surface area contributed by atoms with Gasteiger partial charge in [-0.1, -0.05) is 0 Å². The molecule has 3 aromatic rings. The molecule has 144 valence electrons. The fraction of sp³-hybridized carbons (Fsp3) is 0.300. The van der Waals surface area contributed by atoms with Gasteiger partial charge in [0, 0.05) is 16.5 Å². The fourth-order valence-electron chi connectivity index (χ4n) is 3.20. The van der Waals surface area contributed by atoms with E-state index in [1.807, 2.05) is 0 Å². The van der Waals surface area contributed by atoms with Crippen LogP contribution in [-0.4, -0.2) is 20.7 Å². The van der Waals surface area contributed by atoms with Gasteiger partial charge in [-0.2, -0.15) is 5.10 Å². The van der Waals surface area contributed by atoms with Crippen LogP contribution < -0.4 is 10.9 Å². The highest BCUT2D eigenvalue weighted by molar-refractivity contribution is 7.15. The largest absolute Gasteiger partial charge is 0.300 e. The van der Waals surface area contributed by atoms with Crippen molar-refractivity contribution < 1.29 is 9.18 Å². The lowest BCUT2D eigenvalue weighted by atomic mass is 10.0. The average Bonchev–Trinajstić information content (AvgIpc) is 3.10. The number of fused-ring (bicyclic) bond motifs is 1. The first-order valence-electron chi connectivity index (χ1n) is 9.16. The molecule has 2 aromatic heterocycles. The summed E-state index contributed by atoms with van der Waals surface area (Å²) in [5, 5.41) is 7.68. The first-order chi connectivity index (χ1) is 13.5. The van der Waals surface area contributed by atoms with Crippen LogP contribution in [0.15, 0.2) is 41.2 Å². The minimum absolute atomic E-state index is 0.350. The molecule has 8 heteroatoms. The van der Waals surface area contributed by atoms with Crippen molar-refractivity contribution in [3.63, 3.8) is 0 Å². The predicted molar refractivity (Wildman–Crippen MR) is 106 cm³/mol. The number of benzene rings is 1. The average molecular weight is 398 g/mol. The zero-order valence-corrected chi connectivity index (χ0v) is 16.1. The van der Waals surface area contributed by atoms with Gasteiger partial charge in [0.25, 0.3) is 11.5 Å². The molecule has 1 N–H and O–H groups in total. The van der Waals surface area contributed by atoms with Crippen LogP contribution in [0.3, 0.4) is 0 Å². The summed E-state index contributed by atoms with van der Waals surface area (Å²) in [6.07, 6.45) is 4.21. The lowest BCUT2D eigenvalue weighted by Gasteiger charge is -2.14. The molecule has 0 saturated heterocycles. The van der Waals surface area contributed by atoms with Gasteiger partial charge in [-0.25, -0.2) is 14.1 Å². The number of thiazole rings is 1. The Morgan fingerprint density at radius 1 is 1.18 bits per heavy atom. The second kappa shape index (κ2) is 7.63. The molecule has 0 bridgehead atoms. The molecule has 1 atom stereocenters. The van der Waals surface area contributed by atoms with Gasteiger partial charge < -0.3 is 5.32 Å². The van der Waals surface area contributed by atoms with Crippen molar-refractivity contribution in [2.45, 2.75) is 38.6 Å². The van der Waals surface area contributed by atoms with E-state index >= 15 is 0 Å². The standard InChI is InChI=1S/C20H19FN4O2S/c1-12(19(27)23-20-22-16-4-2-3-5-17(16)28-20)25-18(26)11-10-15(24-25)13-6-8-14(21)9-7-13/h6-12H,2-5H2,1H3,(H,22,23,27)/t12-/m0/s1. The summed E-state index contributed by atoms with van der Waals surface area (Å²) in [6.45, 7) is 1.62. The molecule has 0 saturated carbocycles. The molecule has 0 radical (unpaired) electrons. The maximum atomic E-state index is 13.1. The second-order valence-corrected chi connectivity index (χ2v) is 7.85. The molecule has 28 heavy (non-hydrogen) atoms. The number of nitrogens with zero attached hydrogens (tertiary/aromatic N) is 3. The highest BCUT2D eigenvalue weighted by atomic mass is 32.1. The van der Waals surface area contributed by atoms with E-state index in [9.17, 15) is 14.0 Å². The Morgan fingerprint density at radius 2 is 1.93 bits per heavy atom. The SMILES string of the molecule is C[C@@H](C(=O)Nc1nc2c(s1)CCCC2)n1nc(-c2ccc(F)cc2)ccc1=O. The fourth-order valence-corrected chi connectivity index (χ4v) is 4.26. The summed E-state index contributed by atoms with van der Waals surface area (Å²) < 4.78 is 14.3. The van der Waals surface area contributed by atoms with E-state index in [1.165, 1.54) is 34.4 Å². The molecule has 1 aromatic carbocycles. The lowest BCUT2D eigenvalue weighted by molar-refractivity contribution is -0.119. The van der Waals surface area contributed by atoms with Crippen LogP contribution in [0.4, 0.5) is 9.52 Å². The Hall–Kier alpha value is -2.87. The quantitative estimate of drug-likeness (QED) is 0.729. The van der Waals surface area contributed by atoms with Crippen molar-refractivity contribution in [1.82, 2.24) is 14.8 Å². The Kier molecular flexibility index (Phi) is 5.04. The Bertz CT molecular complexity index is 1050. The summed E-state index contributed by atoms with van der Waals surface area (Å²) in [6, 6.07) is 7.92.